The molecule has 0 aliphatic carbocycles. The van der Waals surface area contributed by atoms with Gasteiger partial charge in [0.1, 0.15) is 6.54 Å². The third-order valence-corrected chi connectivity index (χ3v) is 5.25. The molecule has 1 N–H and O–H groups in total. The fraction of sp³-hybridized carbons (Fsp3) is 0.471. The molecule has 0 atom stereocenters. The standard InChI is InChI=1S/C17H23N7OS/c1-18-17(15-4-2-3-11-26-15)21-20-12-14-5-8-23(9-6-14)16(25)13-24-10-7-19-22-24/h3-4,7,10-12,14H,2,5-6,8-9,13H2,1H3,(H,18,21)/b20-12+. The van der Waals surface area contributed by atoms with Gasteiger partial charge in [0.15, 0.2) is 5.84 Å². The quantitative estimate of drug-likeness (QED) is 0.482. The Morgan fingerprint density at radius 3 is 2.96 bits per heavy atom. The molecule has 3 rings (SSSR count). The van der Waals surface area contributed by atoms with Crippen molar-refractivity contribution in [3.05, 3.63) is 34.9 Å². The van der Waals surface area contributed by atoms with Crippen LogP contribution in [0.2, 0.25) is 0 Å². The number of likely N-dealkylation sites (tertiary alicyclic amines) is 1. The number of piperidine rings is 1. The number of carbonyl (C=O) groups is 1. The number of allylic oxidation sites excluding steroid dienone is 2. The molecule has 0 spiro atoms. The second-order valence-electron chi connectivity index (χ2n) is 6.07. The van der Waals surface area contributed by atoms with Gasteiger partial charge in [0.2, 0.25) is 5.91 Å². The summed E-state index contributed by atoms with van der Waals surface area (Å²) in [5.41, 5.74) is 3.05. The molecule has 9 heteroatoms. The Balaban J connectivity index is 1.42. The number of thioether (sulfide) groups is 1. The van der Waals surface area contributed by atoms with Gasteiger partial charge >= 0.3 is 0 Å². The number of rotatable bonds is 5. The third kappa shape index (κ3) is 5.04. The van der Waals surface area contributed by atoms with E-state index in [-0.39, 0.29) is 12.5 Å². The zero-order valence-corrected chi connectivity index (χ0v) is 15.6. The molecule has 1 aromatic heterocycles. The number of hydrogen-bond donors (Lipinski definition) is 1. The number of nitrogens with one attached hydrogen (secondary N) is 1. The first kappa shape index (κ1) is 18.4. The Morgan fingerprint density at radius 2 is 2.31 bits per heavy atom. The normalized spacial score (nSPS) is 19.0. The van der Waals surface area contributed by atoms with Crippen molar-refractivity contribution in [2.45, 2.75) is 25.8 Å². The summed E-state index contributed by atoms with van der Waals surface area (Å²) in [5, 5.41) is 14.0. The lowest BCUT2D eigenvalue weighted by atomic mass is 9.98. The van der Waals surface area contributed by atoms with Crippen molar-refractivity contribution in [2.24, 2.45) is 16.0 Å². The zero-order chi connectivity index (χ0) is 18.2. The summed E-state index contributed by atoms with van der Waals surface area (Å²) in [6, 6.07) is 0. The second kappa shape index (κ2) is 9.33. The first-order valence-electron chi connectivity index (χ1n) is 8.66. The maximum atomic E-state index is 12.3. The van der Waals surface area contributed by atoms with Gasteiger partial charge in [-0.3, -0.25) is 15.2 Å². The van der Waals surface area contributed by atoms with Crippen LogP contribution in [0.3, 0.4) is 0 Å². The molecule has 1 fully saturated rings. The SMILES string of the molecule is CN=C(N/N=C/C1CCN(C(=O)Cn2ccnn2)CC1)C1=CCC=CS1. The van der Waals surface area contributed by atoms with E-state index in [1.54, 1.807) is 35.9 Å². The fourth-order valence-corrected chi connectivity index (χ4v) is 3.62. The summed E-state index contributed by atoms with van der Waals surface area (Å²) in [7, 11) is 1.76. The molecule has 0 saturated carbocycles. The van der Waals surface area contributed by atoms with Crippen LogP contribution in [0.15, 0.2) is 45.0 Å². The molecule has 0 bridgehead atoms. The summed E-state index contributed by atoms with van der Waals surface area (Å²) in [6.45, 7) is 1.73. The lowest BCUT2D eigenvalue weighted by Gasteiger charge is -2.30. The molecule has 2 aliphatic heterocycles. The van der Waals surface area contributed by atoms with Crippen LogP contribution in [-0.4, -0.2) is 58.0 Å². The number of amides is 1. The van der Waals surface area contributed by atoms with Crippen LogP contribution >= 0.6 is 11.8 Å². The van der Waals surface area contributed by atoms with E-state index in [9.17, 15) is 4.79 Å². The number of amidine groups is 1. The minimum atomic E-state index is 0.0822. The number of carbonyl (C=O) groups excluding carboxylic acids is 1. The lowest BCUT2D eigenvalue weighted by molar-refractivity contribution is -0.133. The predicted octanol–water partition coefficient (Wildman–Crippen LogP) is 1.65. The van der Waals surface area contributed by atoms with Gasteiger partial charge in [-0.15, -0.1) is 5.10 Å². The van der Waals surface area contributed by atoms with Crippen molar-refractivity contribution in [1.82, 2.24) is 25.3 Å². The summed E-state index contributed by atoms with van der Waals surface area (Å²) >= 11 is 1.64. The Bertz CT molecular complexity index is 715. The molecule has 1 saturated heterocycles. The Labute approximate surface area is 157 Å². The molecule has 3 heterocycles. The van der Waals surface area contributed by atoms with Crippen LogP contribution in [0.4, 0.5) is 0 Å². The van der Waals surface area contributed by atoms with Crippen molar-refractivity contribution < 1.29 is 4.79 Å². The van der Waals surface area contributed by atoms with Gasteiger partial charge in [0.05, 0.1) is 11.1 Å². The maximum absolute atomic E-state index is 12.3. The van der Waals surface area contributed by atoms with Gasteiger partial charge in [-0.05, 0) is 30.6 Å². The molecular formula is C17H23N7OS. The molecule has 8 nitrogen and oxygen atoms in total. The molecule has 1 amide bonds. The van der Waals surface area contributed by atoms with Gasteiger partial charge in [0.25, 0.3) is 0 Å². The average Bonchev–Trinajstić information content (AvgIpc) is 3.19. The Hall–Kier alpha value is -2.42. The van der Waals surface area contributed by atoms with E-state index in [2.05, 4.69) is 43.4 Å². The van der Waals surface area contributed by atoms with Gasteiger partial charge in [-0.2, -0.15) is 5.10 Å². The van der Waals surface area contributed by atoms with Gasteiger partial charge < -0.3 is 4.90 Å². The Kier molecular flexibility index (Phi) is 6.59. The van der Waals surface area contributed by atoms with E-state index in [0.29, 0.717) is 5.92 Å². The van der Waals surface area contributed by atoms with Crippen LogP contribution in [-0.2, 0) is 11.3 Å². The summed E-state index contributed by atoms with van der Waals surface area (Å²) < 4.78 is 1.55. The number of hydrazone groups is 1. The third-order valence-electron chi connectivity index (χ3n) is 4.30. The van der Waals surface area contributed by atoms with E-state index >= 15 is 0 Å². The lowest BCUT2D eigenvalue weighted by Crippen LogP contribution is -2.40. The zero-order valence-electron chi connectivity index (χ0n) is 14.8. The summed E-state index contributed by atoms with van der Waals surface area (Å²) in [6.07, 6.45) is 12.2. The molecule has 26 heavy (non-hydrogen) atoms. The average molecular weight is 373 g/mol. The maximum Gasteiger partial charge on any atom is 0.244 e. The monoisotopic (exact) mass is 373 g/mol. The minimum absolute atomic E-state index is 0.0822. The molecule has 1 aromatic rings. The molecule has 0 unspecified atom stereocenters. The van der Waals surface area contributed by atoms with Crippen LogP contribution in [0, 0.1) is 5.92 Å². The van der Waals surface area contributed by atoms with E-state index < -0.39 is 0 Å². The predicted molar refractivity (Wildman–Crippen MR) is 104 cm³/mol. The van der Waals surface area contributed by atoms with E-state index in [4.69, 9.17) is 0 Å². The number of aromatic nitrogens is 3. The molecular weight excluding hydrogens is 350 g/mol. The van der Waals surface area contributed by atoms with Crippen LogP contribution in [0.25, 0.3) is 0 Å². The van der Waals surface area contributed by atoms with Crippen molar-refractivity contribution in [2.75, 3.05) is 20.1 Å². The smallest absolute Gasteiger partial charge is 0.244 e. The van der Waals surface area contributed by atoms with Crippen molar-refractivity contribution >= 4 is 29.7 Å². The molecule has 138 valence electrons. The van der Waals surface area contributed by atoms with Gasteiger partial charge in [0, 0.05) is 32.5 Å². The summed E-state index contributed by atoms with van der Waals surface area (Å²) in [5.74, 6) is 1.23. The highest BCUT2D eigenvalue weighted by molar-refractivity contribution is 8.06. The van der Waals surface area contributed by atoms with Gasteiger partial charge in [-0.25, -0.2) is 4.68 Å². The molecule has 2 aliphatic rings. The molecule has 0 aromatic carbocycles. The van der Waals surface area contributed by atoms with E-state index in [1.165, 1.54) is 0 Å². The second-order valence-corrected chi connectivity index (χ2v) is 7.02. The van der Waals surface area contributed by atoms with Crippen LogP contribution < -0.4 is 5.43 Å². The van der Waals surface area contributed by atoms with Crippen molar-refractivity contribution in [1.29, 1.82) is 0 Å². The number of hydrogen-bond acceptors (Lipinski definition) is 6. The summed E-state index contributed by atoms with van der Waals surface area (Å²) in [4.78, 5) is 19.5. The topological polar surface area (TPSA) is 87.8 Å². The Morgan fingerprint density at radius 1 is 1.46 bits per heavy atom. The van der Waals surface area contributed by atoms with Crippen molar-refractivity contribution in [3.8, 4) is 0 Å². The van der Waals surface area contributed by atoms with E-state index in [0.717, 1.165) is 43.1 Å². The first-order chi connectivity index (χ1) is 12.8. The van der Waals surface area contributed by atoms with E-state index in [1.807, 2.05) is 11.1 Å². The fourth-order valence-electron chi connectivity index (χ4n) is 2.83. The minimum Gasteiger partial charge on any atom is -0.341 e. The highest BCUT2D eigenvalue weighted by Gasteiger charge is 2.22. The van der Waals surface area contributed by atoms with Crippen LogP contribution in [0.5, 0.6) is 0 Å². The van der Waals surface area contributed by atoms with Crippen molar-refractivity contribution in [3.63, 3.8) is 0 Å². The number of nitrogens with zero attached hydrogens (tertiary/aromatic N) is 6. The largest absolute Gasteiger partial charge is 0.341 e. The molecule has 0 radical (unpaired) electrons. The highest BCUT2D eigenvalue weighted by atomic mass is 32.2. The first-order valence-corrected chi connectivity index (χ1v) is 9.54. The number of aliphatic imine (C=N–C) groups is 1. The van der Waals surface area contributed by atoms with Crippen LogP contribution in [0.1, 0.15) is 19.3 Å². The highest BCUT2D eigenvalue weighted by Crippen LogP contribution is 2.23. The van der Waals surface area contributed by atoms with Gasteiger partial charge in [-0.1, -0.05) is 29.1 Å².